The molecule has 0 atom stereocenters. The van der Waals surface area contributed by atoms with Crippen molar-refractivity contribution in [2.75, 3.05) is 0 Å². The van der Waals surface area contributed by atoms with Crippen LogP contribution >= 0.6 is 0 Å². The number of unbranched alkanes of at least 4 members (excludes halogenated alkanes) is 3. The maximum atomic E-state index is 4.76. The Morgan fingerprint density at radius 1 is 0.821 bits per heavy atom. The highest BCUT2D eigenvalue weighted by atomic mass is 15.2. The summed E-state index contributed by atoms with van der Waals surface area (Å²) >= 11 is 0. The molecule has 28 heavy (non-hydrogen) atoms. The normalized spacial score (nSPS) is 11.9. The molecule has 0 radical (unpaired) electrons. The van der Waals surface area contributed by atoms with Gasteiger partial charge in [-0.2, -0.15) is 0 Å². The standard InChI is InChI=1S/C23H27N5/c1-3-5-6-11-16-28-21-15-10-8-13-19(21)26-23(28)24-17-22-25-18-12-7-9-14-20(18)27(22)4-2/h7-10,12-15,17H,3-6,11,16H2,1-2H3/b24-17+. The molecule has 0 saturated carbocycles. The fraction of sp³-hybridized carbons (Fsp3) is 0.348. The fourth-order valence-corrected chi connectivity index (χ4v) is 3.72. The minimum absolute atomic E-state index is 0.757. The average Bonchev–Trinajstić information content (AvgIpc) is 3.27. The highest BCUT2D eigenvalue weighted by Gasteiger charge is 2.11. The lowest BCUT2D eigenvalue weighted by molar-refractivity contribution is 0.593. The molecule has 2 aromatic heterocycles. The van der Waals surface area contributed by atoms with Gasteiger partial charge >= 0.3 is 0 Å². The summed E-state index contributed by atoms with van der Waals surface area (Å²) in [4.78, 5) is 14.3. The molecule has 2 aromatic carbocycles. The van der Waals surface area contributed by atoms with Gasteiger partial charge in [0.25, 0.3) is 0 Å². The van der Waals surface area contributed by atoms with Crippen molar-refractivity contribution in [1.29, 1.82) is 0 Å². The van der Waals surface area contributed by atoms with Crippen LogP contribution in [-0.2, 0) is 13.1 Å². The average molecular weight is 374 g/mol. The fourth-order valence-electron chi connectivity index (χ4n) is 3.72. The monoisotopic (exact) mass is 373 g/mol. The number of hydrogen-bond acceptors (Lipinski definition) is 3. The van der Waals surface area contributed by atoms with E-state index in [2.05, 4.69) is 47.2 Å². The van der Waals surface area contributed by atoms with Gasteiger partial charge in [-0.1, -0.05) is 50.5 Å². The lowest BCUT2D eigenvalue weighted by Gasteiger charge is -2.06. The van der Waals surface area contributed by atoms with Gasteiger partial charge < -0.3 is 9.13 Å². The smallest absolute Gasteiger partial charge is 0.230 e. The van der Waals surface area contributed by atoms with Gasteiger partial charge in [0, 0.05) is 13.1 Å². The first-order chi connectivity index (χ1) is 13.8. The van der Waals surface area contributed by atoms with Crippen LogP contribution in [0.15, 0.2) is 53.5 Å². The van der Waals surface area contributed by atoms with Crippen LogP contribution in [0.25, 0.3) is 22.1 Å². The molecule has 0 saturated heterocycles. The van der Waals surface area contributed by atoms with Crippen molar-refractivity contribution in [1.82, 2.24) is 19.1 Å². The summed E-state index contributed by atoms with van der Waals surface area (Å²) in [7, 11) is 0. The SMILES string of the molecule is CCCCCCn1c(/N=C/c2nc3ccccc3n2CC)nc2ccccc21. The first kappa shape index (κ1) is 18.4. The molecule has 0 aliphatic heterocycles. The molecule has 2 heterocycles. The van der Waals surface area contributed by atoms with Gasteiger partial charge in [0.1, 0.15) is 0 Å². The van der Waals surface area contributed by atoms with E-state index in [1.807, 2.05) is 30.5 Å². The Balaban J connectivity index is 1.69. The Morgan fingerprint density at radius 2 is 1.50 bits per heavy atom. The summed E-state index contributed by atoms with van der Waals surface area (Å²) < 4.78 is 4.42. The lowest BCUT2D eigenvalue weighted by atomic mass is 10.2. The molecule has 5 nitrogen and oxygen atoms in total. The molecule has 0 spiro atoms. The van der Waals surface area contributed by atoms with Crippen molar-refractivity contribution in [3.63, 3.8) is 0 Å². The Morgan fingerprint density at radius 3 is 2.21 bits per heavy atom. The van der Waals surface area contributed by atoms with Crippen LogP contribution in [0, 0.1) is 0 Å². The van der Waals surface area contributed by atoms with Crippen molar-refractivity contribution in [2.45, 2.75) is 52.6 Å². The quantitative estimate of drug-likeness (QED) is 0.292. The molecule has 0 fully saturated rings. The van der Waals surface area contributed by atoms with Crippen molar-refractivity contribution in [3.8, 4) is 0 Å². The minimum atomic E-state index is 0.757. The molecule has 0 bridgehead atoms. The van der Waals surface area contributed by atoms with E-state index >= 15 is 0 Å². The number of aromatic nitrogens is 4. The number of fused-ring (bicyclic) bond motifs is 2. The number of para-hydroxylation sites is 4. The molecule has 144 valence electrons. The van der Waals surface area contributed by atoms with Gasteiger partial charge in [0.2, 0.25) is 5.95 Å². The molecule has 0 aliphatic rings. The van der Waals surface area contributed by atoms with Crippen LogP contribution in [0.3, 0.4) is 0 Å². The number of hydrogen-bond donors (Lipinski definition) is 0. The zero-order chi connectivity index (χ0) is 19.3. The Hall–Kier alpha value is -2.95. The molecule has 0 unspecified atom stereocenters. The third kappa shape index (κ3) is 3.57. The van der Waals surface area contributed by atoms with Crippen LogP contribution < -0.4 is 0 Å². The molecule has 0 aliphatic carbocycles. The molecular weight excluding hydrogens is 346 g/mol. The second-order valence-corrected chi connectivity index (χ2v) is 7.07. The van der Waals surface area contributed by atoms with E-state index in [4.69, 9.17) is 15.0 Å². The Bertz CT molecular complexity index is 1100. The van der Waals surface area contributed by atoms with Crippen LogP contribution in [0.5, 0.6) is 0 Å². The molecule has 0 amide bonds. The molecule has 5 heteroatoms. The maximum absolute atomic E-state index is 4.76. The number of aryl methyl sites for hydroxylation is 2. The second kappa shape index (κ2) is 8.38. The number of imidazole rings is 2. The predicted molar refractivity (Wildman–Crippen MR) is 117 cm³/mol. The van der Waals surface area contributed by atoms with Crippen LogP contribution in [-0.4, -0.2) is 25.3 Å². The van der Waals surface area contributed by atoms with Gasteiger partial charge in [-0.3, -0.25) is 0 Å². The number of rotatable bonds is 8. The van der Waals surface area contributed by atoms with E-state index < -0.39 is 0 Å². The van der Waals surface area contributed by atoms with Crippen molar-refractivity contribution < 1.29 is 0 Å². The van der Waals surface area contributed by atoms with Crippen molar-refractivity contribution >= 4 is 34.2 Å². The van der Waals surface area contributed by atoms with Crippen LogP contribution in [0.4, 0.5) is 5.95 Å². The summed E-state index contributed by atoms with van der Waals surface area (Å²) in [6, 6.07) is 16.5. The van der Waals surface area contributed by atoms with Crippen LogP contribution in [0.2, 0.25) is 0 Å². The zero-order valence-corrected chi connectivity index (χ0v) is 16.7. The molecule has 0 N–H and O–H groups in total. The summed E-state index contributed by atoms with van der Waals surface area (Å²) in [5, 5.41) is 0. The first-order valence-electron chi connectivity index (χ1n) is 10.3. The van der Waals surface area contributed by atoms with E-state index in [1.54, 1.807) is 0 Å². The van der Waals surface area contributed by atoms with E-state index in [9.17, 15) is 0 Å². The summed E-state index contributed by atoms with van der Waals surface area (Å²) in [5.41, 5.74) is 4.28. The Labute approximate surface area is 165 Å². The second-order valence-electron chi connectivity index (χ2n) is 7.07. The lowest BCUT2D eigenvalue weighted by Crippen LogP contribution is -2.01. The Kier molecular flexibility index (Phi) is 5.51. The molecular formula is C23H27N5. The zero-order valence-electron chi connectivity index (χ0n) is 16.7. The topological polar surface area (TPSA) is 48.0 Å². The highest BCUT2D eigenvalue weighted by Crippen LogP contribution is 2.23. The van der Waals surface area contributed by atoms with Gasteiger partial charge in [-0.05, 0) is 37.6 Å². The molecule has 4 aromatic rings. The number of nitrogens with zero attached hydrogens (tertiary/aromatic N) is 5. The summed E-state index contributed by atoms with van der Waals surface area (Å²) in [5.74, 6) is 1.63. The van der Waals surface area contributed by atoms with Gasteiger partial charge in [-0.15, -0.1) is 0 Å². The third-order valence-corrected chi connectivity index (χ3v) is 5.17. The van der Waals surface area contributed by atoms with Gasteiger partial charge in [-0.25, -0.2) is 15.0 Å². The van der Waals surface area contributed by atoms with Crippen molar-refractivity contribution in [3.05, 3.63) is 54.4 Å². The maximum Gasteiger partial charge on any atom is 0.230 e. The summed E-state index contributed by atoms with van der Waals surface area (Å²) in [6.07, 6.45) is 6.74. The van der Waals surface area contributed by atoms with Gasteiger partial charge in [0.15, 0.2) is 5.82 Å². The van der Waals surface area contributed by atoms with E-state index in [1.165, 1.54) is 19.3 Å². The summed E-state index contributed by atoms with van der Waals surface area (Å²) in [6.45, 7) is 6.17. The van der Waals surface area contributed by atoms with Gasteiger partial charge in [0.05, 0.1) is 28.3 Å². The number of aliphatic imine (C=N–C) groups is 1. The predicted octanol–water partition coefficient (Wildman–Crippen LogP) is 5.74. The largest absolute Gasteiger partial charge is 0.323 e. The van der Waals surface area contributed by atoms with E-state index in [0.29, 0.717) is 0 Å². The van der Waals surface area contributed by atoms with E-state index in [0.717, 1.165) is 53.3 Å². The molecule has 4 rings (SSSR count). The van der Waals surface area contributed by atoms with Crippen LogP contribution in [0.1, 0.15) is 45.4 Å². The van der Waals surface area contributed by atoms with E-state index in [-0.39, 0.29) is 0 Å². The third-order valence-electron chi connectivity index (χ3n) is 5.17. The first-order valence-corrected chi connectivity index (χ1v) is 10.3. The highest BCUT2D eigenvalue weighted by molar-refractivity contribution is 5.86. The number of benzene rings is 2. The minimum Gasteiger partial charge on any atom is -0.323 e. The van der Waals surface area contributed by atoms with Crippen molar-refractivity contribution in [2.24, 2.45) is 4.99 Å².